The second-order valence-corrected chi connectivity index (χ2v) is 5.21. The van der Waals surface area contributed by atoms with E-state index < -0.39 is 0 Å². The van der Waals surface area contributed by atoms with Crippen molar-refractivity contribution in [1.82, 2.24) is 4.90 Å². The molecule has 0 N–H and O–H groups in total. The molecule has 0 fully saturated rings. The van der Waals surface area contributed by atoms with E-state index in [9.17, 15) is 0 Å². The summed E-state index contributed by atoms with van der Waals surface area (Å²) in [4.78, 5) is 2.62. The van der Waals surface area contributed by atoms with Gasteiger partial charge in [0.1, 0.15) is 0 Å². The van der Waals surface area contributed by atoms with Gasteiger partial charge in [0.15, 0.2) is 0 Å². The van der Waals surface area contributed by atoms with Crippen molar-refractivity contribution in [2.24, 2.45) is 11.8 Å². The van der Waals surface area contributed by atoms with Crippen molar-refractivity contribution >= 4 is 0 Å². The van der Waals surface area contributed by atoms with E-state index in [2.05, 4.69) is 39.5 Å². The maximum atomic E-state index is 2.62. The van der Waals surface area contributed by atoms with E-state index in [0.29, 0.717) is 0 Å². The summed E-state index contributed by atoms with van der Waals surface area (Å²) in [6, 6.07) is 0. The average molecular weight is 199 g/mol. The minimum atomic E-state index is 0.841. The smallest absolute Gasteiger partial charge is 0.00163 e. The fraction of sp³-hybridized carbons (Fsp3) is 1.00. The summed E-state index contributed by atoms with van der Waals surface area (Å²) in [5.74, 6) is 1.68. The van der Waals surface area contributed by atoms with Gasteiger partial charge >= 0.3 is 0 Å². The standard InChI is InChI=1S/C13H29N/c1-6-9-14(10-7-12(2)3)11-8-13(4)5/h12-13H,6-11H2,1-5H3. The number of rotatable bonds is 8. The first kappa shape index (κ1) is 14.0. The van der Waals surface area contributed by atoms with Crippen molar-refractivity contribution in [2.75, 3.05) is 19.6 Å². The van der Waals surface area contributed by atoms with Crippen molar-refractivity contribution < 1.29 is 0 Å². The highest BCUT2D eigenvalue weighted by Gasteiger charge is 2.05. The Balaban J connectivity index is 3.65. The second-order valence-electron chi connectivity index (χ2n) is 5.21. The third kappa shape index (κ3) is 8.55. The summed E-state index contributed by atoms with van der Waals surface area (Å²) in [5.41, 5.74) is 0. The zero-order valence-electron chi connectivity index (χ0n) is 10.8. The molecular weight excluding hydrogens is 170 g/mol. The maximum Gasteiger partial charge on any atom is -0.00163 e. The third-order valence-corrected chi connectivity index (χ3v) is 2.59. The Morgan fingerprint density at radius 2 is 1.21 bits per heavy atom. The minimum Gasteiger partial charge on any atom is -0.303 e. The molecule has 0 atom stereocenters. The van der Waals surface area contributed by atoms with Crippen molar-refractivity contribution in [2.45, 2.75) is 53.9 Å². The monoisotopic (exact) mass is 199 g/mol. The molecule has 0 saturated heterocycles. The summed E-state index contributed by atoms with van der Waals surface area (Å²) in [6.45, 7) is 15.4. The molecule has 0 aromatic heterocycles. The minimum absolute atomic E-state index is 0.841. The molecule has 0 aliphatic carbocycles. The predicted molar refractivity (Wildman–Crippen MR) is 65.6 cm³/mol. The first-order valence-corrected chi connectivity index (χ1v) is 6.28. The predicted octanol–water partition coefficient (Wildman–Crippen LogP) is 3.79. The van der Waals surface area contributed by atoms with Gasteiger partial charge in [-0.3, -0.25) is 0 Å². The van der Waals surface area contributed by atoms with Gasteiger partial charge in [0.2, 0.25) is 0 Å². The van der Waals surface area contributed by atoms with Crippen LogP contribution in [0.5, 0.6) is 0 Å². The van der Waals surface area contributed by atoms with Crippen LogP contribution in [0, 0.1) is 11.8 Å². The highest BCUT2D eigenvalue weighted by molar-refractivity contribution is 4.60. The Kier molecular flexibility index (Phi) is 8.26. The van der Waals surface area contributed by atoms with Crippen LogP contribution in [-0.4, -0.2) is 24.5 Å². The SMILES string of the molecule is CCCN(CCC(C)C)CCC(C)C. The fourth-order valence-electron chi connectivity index (χ4n) is 1.53. The Labute approximate surface area is 90.9 Å². The van der Waals surface area contributed by atoms with Crippen LogP contribution in [0.2, 0.25) is 0 Å². The molecule has 86 valence electrons. The summed E-state index contributed by atoms with van der Waals surface area (Å²) < 4.78 is 0. The second kappa shape index (κ2) is 8.28. The van der Waals surface area contributed by atoms with E-state index in [1.807, 2.05) is 0 Å². The Hall–Kier alpha value is -0.0400. The first-order chi connectivity index (χ1) is 6.56. The number of hydrogen-bond acceptors (Lipinski definition) is 1. The molecule has 0 saturated carbocycles. The zero-order chi connectivity index (χ0) is 11.0. The molecule has 0 aromatic rings. The summed E-state index contributed by atoms with van der Waals surface area (Å²) in [6.07, 6.45) is 3.98. The number of hydrogen-bond donors (Lipinski definition) is 0. The molecule has 0 unspecified atom stereocenters. The van der Waals surface area contributed by atoms with Crippen LogP contribution in [0.4, 0.5) is 0 Å². The van der Waals surface area contributed by atoms with Crippen molar-refractivity contribution in [3.05, 3.63) is 0 Å². The van der Waals surface area contributed by atoms with Crippen LogP contribution in [0.3, 0.4) is 0 Å². The molecule has 1 nitrogen and oxygen atoms in total. The molecule has 0 amide bonds. The Bertz CT molecular complexity index is 106. The lowest BCUT2D eigenvalue weighted by atomic mass is 10.1. The van der Waals surface area contributed by atoms with E-state index in [4.69, 9.17) is 0 Å². The van der Waals surface area contributed by atoms with E-state index in [1.165, 1.54) is 38.9 Å². The lowest BCUT2D eigenvalue weighted by Crippen LogP contribution is -2.28. The van der Waals surface area contributed by atoms with E-state index in [0.717, 1.165) is 11.8 Å². The largest absolute Gasteiger partial charge is 0.303 e. The quantitative estimate of drug-likeness (QED) is 0.575. The molecule has 0 aliphatic rings. The molecule has 1 heteroatoms. The highest BCUT2D eigenvalue weighted by atomic mass is 15.1. The van der Waals surface area contributed by atoms with Crippen LogP contribution < -0.4 is 0 Å². The molecule has 0 heterocycles. The van der Waals surface area contributed by atoms with Crippen LogP contribution in [-0.2, 0) is 0 Å². The average Bonchev–Trinajstić information content (AvgIpc) is 2.09. The van der Waals surface area contributed by atoms with Gasteiger partial charge in [-0.25, -0.2) is 0 Å². The van der Waals surface area contributed by atoms with Gasteiger partial charge in [-0.1, -0.05) is 34.6 Å². The molecule has 14 heavy (non-hydrogen) atoms. The van der Waals surface area contributed by atoms with Gasteiger partial charge in [0, 0.05) is 0 Å². The van der Waals surface area contributed by atoms with Gasteiger partial charge in [-0.15, -0.1) is 0 Å². The van der Waals surface area contributed by atoms with Gasteiger partial charge in [0.25, 0.3) is 0 Å². The molecule has 0 rings (SSSR count). The van der Waals surface area contributed by atoms with Crippen LogP contribution in [0.25, 0.3) is 0 Å². The van der Waals surface area contributed by atoms with E-state index in [1.54, 1.807) is 0 Å². The Morgan fingerprint density at radius 3 is 1.50 bits per heavy atom. The highest BCUT2D eigenvalue weighted by Crippen LogP contribution is 2.06. The summed E-state index contributed by atoms with van der Waals surface area (Å²) in [7, 11) is 0. The topological polar surface area (TPSA) is 3.24 Å². The maximum absolute atomic E-state index is 2.62. The fourth-order valence-corrected chi connectivity index (χ4v) is 1.53. The molecule has 0 radical (unpaired) electrons. The molecular formula is C13H29N. The summed E-state index contributed by atoms with van der Waals surface area (Å²) in [5, 5.41) is 0. The van der Waals surface area contributed by atoms with E-state index in [-0.39, 0.29) is 0 Å². The van der Waals surface area contributed by atoms with Crippen LogP contribution in [0.15, 0.2) is 0 Å². The van der Waals surface area contributed by atoms with Crippen molar-refractivity contribution in [3.63, 3.8) is 0 Å². The Morgan fingerprint density at radius 1 is 0.786 bits per heavy atom. The van der Waals surface area contributed by atoms with Crippen molar-refractivity contribution in [1.29, 1.82) is 0 Å². The van der Waals surface area contributed by atoms with Crippen LogP contribution >= 0.6 is 0 Å². The molecule has 0 bridgehead atoms. The summed E-state index contributed by atoms with van der Waals surface area (Å²) >= 11 is 0. The first-order valence-electron chi connectivity index (χ1n) is 6.28. The van der Waals surface area contributed by atoms with Crippen molar-refractivity contribution in [3.8, 4) is 0 Å². The third-order valence-electron chi connectivity index (χ3n) is 2.59. The lowest BCUT2D eigenvalue weighted by molar-refractivity contribution is 0.244. The molecule has 0 aliphatic heterocycles. The van der Waals surface area contributed by atoms with Gasteiger partial charge in [0.05, 0.1) is 0 Å². The van der Waals surface area contributed by atoms with Gasteiger partial charge in [-0.2, -0.15) is 0 Å². The van der Waals surface area contributed by atoms with E-state index >= 15 is 0 Å². The lowest BCUT2D eigenvalue weighted by Gasteiger charge is -2.23. The van der Waals surface area contributed by atoms with Crippen LogP contribution in [0.1, 0.15) is 53.9 Å². The molecule has 0 spiro atoms. The zero-order valence-corrected chi connectivity index (χ0v) is 10.8. The van der Waals surface area contributed by atoms with Gasteiger partial charge in [-0.05, 0) is 50.7 Å². The van der Waals surface area contributed by atoms with Gasteiger partial charge < -0.3 is 4.90 Å². The number of nitrogens with zero attached hydrogens (tertiary/aromatic N) is 1. The normalized spacial score (nSPS) is 12.0. The molecule has 0 aromatic carbocycles.